The minimum absolute atomic E-state index is 0.114. The SMILES string of the molecule is CCCC(C(=O)NC=O)N1C(=O)c2ccc(N3CCC(CN4CCN(C(=O)c5ccc(N(C)C6CCCCC6)cc5)CC4)CC3)cc2C1=O. The van der Waals surface area contributed by atoms with Crippen LogP contribution in [-0.2, 0) is 9.59 Å². The molecule has 1 unspecified atom stereocenters. The number of imide groups is 2. The zero-order valence-electron chi connectivity index (χ0n) is 28.9. The summed E-state index contributed by atoms with van der Waals surface area (Å²) in [6, 6.07) is 13.1. The highest BCUT2D eigenvalue weighted by Gasteiger charge is 2.43. The lowest BCUT2D eigenvalue weighted by Crippen LogP contribution is -2.50. The van der Waals surface area contributed by atoms with Crippen molar-refractivity contribution in [3.05, 3.63) is 59.2 Å². The number of carbonyl (C=O) groups excluding carboxylic acids is 5. The molecule has 0 radical (unpaired) electrons. The van der Waals surface area contributed by atoms with E-state index in [9.17, 15) is 24.0 Å². The van der Waals surface area contributed by atoms with Gasteiger partial charge in [0.05, 0.1) is 11.1 Å². The molecule has 1 N–H and O–H groups in total. The number of piperidine rings is 1. The van der Waals surface area contributed by atoms with Crippen LogP contribution in [0.3, 0.4) is 0 Å². The third-order valence-corrected chi connectivity index (χ3v) is 11.1. The summed E-state index contributed by atoms with van der Waals surface area (Å²) < 4.78 is 0. The first-order valence-corrected chi connectivity index (χ1v) is 18.1. The normalized spacial score (nSPS) is 19.9. The van der Waals surface area contributed by atoms with Crippen LogP contribution in [0, 0.1) is 5.92 Å². The Morgan fingerprint density at radius 2 is 1.55 bits per heavy atom. The van der Waals surface area contributed by atoms with E-state index in [-0.39, 0.29) is 18.7 Å². The number of nitrogens with zero attached hydrogens (tertiary/aromatic N) is 5. The largest absolute Gasteiger partial charge is 0.372 e. The van der Waals surface area contributed by atoms with Crippen molar-refractivity contribution < 1.29 is 24.0 Å². The van der Waals surface area contributed by atoms with Crippen molar-refractivity contribution >= 4 is 41.4 Å². The zero-order valence-corrected chi connectivity index (χ0v) is 28.9. The molecular weight excluding hydrogens is 620 g/mol. The maximum atomic E-state index is 13.4. The minimum atomic E-state index is -1.02. The Kier molecular flexibility index (Phi) is 11.0. The van der Waals surface area contributed by atoms with Gasteiger partial charge in [-0.05, 0) is 80.5 Å². The number of nitrogens with one attached hydrogen (secondary N) is 1. The number of amides is 5. The van der Waals surface area contributed by atoms with Crippen LogP contribution in [0.1, 0.15) is 95.8 Å². The molecule has 2 aromatic carbocycles. The summed E-state index contributed by atoms with van der Waals surface area (Å²) >= 11 is 0. The first-order valence-electron chi connectivity index (χ1n) is 18.1. The lowest BCUT2D eigenvalue weighted by molar-refractivity contribution is -0.128. The third kappa shape index (κ3) is 7.51. The number of hydrogen-bond donors (Lipinski definition) is 1. The van der Waals surface area contributed by atoms with Crippen molar-refractivity contribution in [3.8, 4) is 0 Å². The molecule has 11 nitrogen and oxygen atoms in total. The maximum absolute atomic E-state index is 13.4. The van der Waals surface area contributed by atoms with Gasteiger partial charge >= 0.3 is 0 Å². The van der Waals surface area contributed by atoms with Gasteiger partial charge in [0, 0.05) is 75.8 Å². The molecule has 0 spiro atoms. The molecule has 262 valence electrons. The van der Waals surface area contributed by atoms with E-state index in [1.165, 1.54) is 37.8 Å². The fourth-order valence-corrected chi connectivity index (χ4v) is 8.11. The van der Waals surface area contributed by atoms with Gasteiger partial charge in [0.1, 0.15) is 6.04 Å². The van der Waals surface area contributed by atoms with Crippen LogP contribution < -0.4 is 15.1 Å². The summed E-state index contributed by atoms with van der Waals surface area (Å²) in [5.41, 5.74) is 3.44. The van der Waals surface area contributed by atoms with Gasteiger partial charge in [0.2, 0.25) is 12.3 Å². The van der Waals surface area contributed by atoms with E-state index in [1.807, 2.05) is 30.0 Å². The predicted molar refractivity (Wildman–Crippen MR) is 189 cm³/mol. The molecule has 2 aromatic rings. The average Bonchev–Trinajstić information content (AvgIpc) is 3.39. The zero-order chi connectivity index (χ0) is 34.5. The van der Waals surface area contributed by atoms with E-state index < -0.39 is 23.8 Å². The number of anilines is 2. The number of hydrogen-bond acceptors (Lipinski definition) is 8. The topological polar surface area (TPSA) is 114 Å². The molecule has 3 fully saturated rings. The Bertz CT molecular complexity index is 1520. The number of carbonyl (C=O) groups is 5. The Morgan fingerprint density at radius 3 is 2.20 bits per heavy atom. The molecule has 0 aromatic heterocycles. The fraction of sp³-hybridized carbons (Fsp3) is 0.553. The second-order valence-electron chi connectivity index (χ2n) is 14.1. The first-order chi connectivity index (χ1) is 23.8. The van der Waals surface area contributed by atoms with Gasteiger partial charge < -0.3 is 14.7 Å². The van der Waals surface area contributed by atoms with Crippen molar-refractivity contribution in [2.45, 2.75) is 76.8 Å². The van der Waals surface area contributed by atoms with Gasteiger partial charge in [-0.3, -0.25) is 39.1 Å². The van der Waals surface area contributed by atoms with Crippen LogP contribution >= 0.6 is 0 Å². The smallest absolute Gasteiger partial charge is 0.262 e. The number of piperazine rings is 1. The summed E-state index contributed by atoms with van der Waals surface area (Å²) in [5.74, 6) is -0.978. The minimum Gasteiger partial charge on any atom is -0.372 e. The van der Waals surface area contributed by atoms with Crippen molar-refractivity contribution in [3.63, 3.8) is 0 Å². The standard InChI is InChI=1S/C38H50N6O5/c1-3-7-34(35(46)39-26-45)44-37(48)32-15-14-31(24-33(32)38(44)49)42-18-16-27(17-19-42)25-41-20-22-43(23-21-41)36(47)28-10-12-30(13-11-28)40(2)29-8-5-4-6-9-29/h10-15,24,26-27,29,34H,3-9,16-23,25H2,1-2H3,(H,39,45,46). The molecule has 3 heterocycles. The molecule has 4 aliphatic rings. The van der Waals surface area contributed by atoms with Gasteiger partial charge in [-0.2, -0.15) is 0 Å². The molecule has 1 aliphatic carbocycles. The van der Waals surface area contributed by atoms with Crippen molar-refractivity contribution in [2.75, 3.05) is 62.7 Å². The summed E-state index contributed by atoms with van der Waals surface area (Å²) in [6.45, 7) is 7.77. The molecule has 3 aliphatic heterocycles. The molecule has 6 rings (SSSR count). The van der Waals surface area contributed by atoms with E-state index in [2.05, 4.69) is 39.2 Å². The van der Waals surface area contributed by atoms with E-state index in [0.717, 1.165) is 74.8 Å². The summed E-state index contributed by atoms with van der Waals surface area (Å²) in [4.78, 5) is 73.3. The molecule has 1 atom stereocenters. The van der Waals surface area contributed by atoms with Crippen LogP contribution in [0.25, 0.3) is 0 Å². The molecule has 5 amide bonds. The van der Waals surface area contributed by atoms with Gasteiger partial charge in [0.15, 0.2) is 0 Å². The van der Waals surface area contributed by atoms with Gasteiger partial charge in [0.25, 0.3) is 17.7 Å². The number of fused-ring (bicyclic) bond motifs is 1. The van der Waals surface area contributed by atoms with E-state index in [1.54, 1.807) is 12.1 Å². The third-order valence-electron chi connectivity index (χ3n) is 11.1. The van der Waals surface area contributed by atoms with E-state index in [4.69, 9.17) is 0 Å². The Balaban J connectivity index is 0.971. The first kappa shape index (κ1) is 34.6. The van der Waals surface area contributed by atoms with E-state index >= 15 is 0 Å². The van der Waals surface area contributed by atoms with Crippen molar-refractivity contribution in [2.24, 2.45) is 5.92 Å². The van der Waals surface area contributed by atoms with E-state index in [0.29, 0.717) is 29.5 Å². The van der Waals surface area contributed by atoms with Gasteiger partial charge in [-0.25, -0.2) is 0 Å². The quantitative estimate of drug-likeness (QED) is 0.280. The fourth-order valence-electron chi connectivity index (χ4n) is 8.11. The van der Waals surface area contributed by atoms with Crippen molar-refractivity contribution in [1.29, 1.82) is 0 Å². The Hall–Kier alpha value is -4.25. The lowest BCUT2D eigenvalue weighted by Gasteiger charge is -2.39. The predicted octanol–water partition coefficient (Wildman–Crippen LogP) is 4.17. The van der Waals surface area contributed by atoms with Gasteiger partial charge in [-0.1, -0.05) is 32.6 Å². The Labute approximate surface area is 289 Å². The van der Waals surface area contributed by atoms with Crippen LogP contribution in [0.4, 0.5) is 11.4 Å². The van der Waals surface area contributed by atoms with Crippen molar-refractivity contribution in [1.82, 2.24) is 20.0 Å². The summed E-state index contributed by atoms with van der Waals surface area (Å²) in [5, 5.41) is 2.10. The number of benzene rings is 2. The molecule has 1 saturated carbocycles. The highest BCUT2D eigenvalue weighted by Crippen LogP contribution is 2.32. The number of rotatable bonds is 11. The monoisotopic (exact) mass is 670 g/mol. The molecule has 11 heteroatoms. The highest BCUT2D eigenvalue weighted by atomic mass is 16.2. The lowest BCUT2D eigenvalue weighted by atomic mass is 9.94. The van der Waals surface area contributed by atoms with Crippen LogP contribution in [0.2, 0.25) is 0 Å². The molecule has 2 saturated heterocycles. The summed E-state index contributed by atoms with van der Waals surface area (Å²) in [6.07, 6.45) is 9.59. The average molecular weight is 671 g/mol. The summed E-state index contributed by atoms with van der Waals surface area (Å²) in [7, 11) is 2.17. The second-order valence-corrected chi connectivity index (χ2v) is 14.1. The van der Waals surface area contributed by atoms with Gasteiger partial charge in [-0.15, -0.1) is 0 Å². The molecule has 0 bridgehead atoms. The Morgan fingerprint density at radius 1 is 0.878 bits per heavy atom. The second kappa shape index (κ2) is 15.5. The maximum Gasteiger partial charge on any atom is 0.262 e. The van der Waals surface area contributed by atoms with Crippen LogP contribution in [0.15, 0.2) is 42.5 Å². The highest BCUT2D eigenvalue weighted by molar-refractivity contribution is 6.23. The van der Waals surface area contributed by atoms with Crippen LogP contribution in [0.5, 0.6) is 0 Å². The van der Waals surface area contributed by atoms with Crippen LogP contribution in [-0.4, -0.2) is 110 Å². The molecule has 49 heavy (non-hydrogen) atoms. The molecular formula is C38H50N6O5.